The second kappa shape index (κ2) is 5.67. The van der Waals surface area contributed by atoms with Gasteiger partial charge in [0.2, 0.25) is 0 Å². The average molecular weight is 297 g/mol. The zero-order valence-electron chi connectivity index (χ0n) is 11.6. The minimum absolute atomic E-state index is 0.127. The summed E-state index contributed by atoms with van der Waals surface area (Å²) in [5, 5.41) is 11.8. The quantitative estimate of drug-likeness (QED) is 0.379. The molecule has 0 spiro atoms. The molecule has 114 valence electrons. The molecule has 1 heterocycles. The van der Waals surface area contributed by atoms with Crippen LogP contribution in [0.5, 0.6) is 0 Å². The minimum atomic E-state index is -0.871. The number of rotatable bonds is 2. The summed E-state index contributed by atoms with van der Waals surface area (Å²) < 4.78 is 26.5. The third kappa shape index (κ3) is 2.96. The van der Waals surface area contributed by atoms with Crippen LogP contribution in [-0.2, 0) is 0 Å². The van der Waals surface area contributed by atoms with Gasteiger partial charge in [0.25, 0.3) is 5.91 Å². The molecule has 7 heteroatoms. The van der Waals surface area contributed by atoms with Crippen molar-refractivity contribution in [2.75, 3.05) is 13.1 Å². The minimum Gasteiger partial charge on any atom is -0.409 e. The number of carbonyl (C=O) groups is 1. The van der Waals surface area contributed by atoms with Crippen molar-refractivity contribution in [3.8, 4) is 0 Å². The Hall–Kier alpha value is -2.18. The molecule has 0 aliphatic carbocycles. The molecule has 0 aromatic heterocycles. The molecule has 5 nitrogen and oxygen atoms in total. The van der Waals surface area contributed by atoms with Gasteiger partial charge in [0.05, 0.1) is 5.56 Å². The molecule has 1 saturated heterocycles. The Morgan fingerprint density at radius 3 is 2.52 bits per heavy atom. The number of halogens is 2. The first-order chi connectivity index (χ1) is 9.87. The number of carbonyl (C=O) groups excluding carboxylic acids is 1. The van der Waals surface area contributed by atoms with Crippen molar-refractivity contribution >= 4 is 11.7 Å². The summed E-state index contributed by atoms with van der Waals surface area (Å²) in [5.41, 5.74) is 5.02. The van der Waals surface area contributed by atoms with Gasteiger partial charge in [-0.25, -0.2) is 8.78 Å². The van der Waals surface area contributed by atoms with Crippen molar-refractivity contribution in [2.45, 2.75) is 19.8 Å². The van der Waals surface area contributed by atoms with E-state index in [0.29, 0.717) is 32.0 Å². The van der Waals surface area contributed by atoms with Crippen LogP contribution < -0.4 is 5.73 Å². The summed E-state index contributed by atoms with van der Waals surface area (Å²) in [4.78, 5) is 13.7. The first-order valence-corrected chi connectivity index (χ1v) is 6.60. The van der Waals surface area contributed by atoms with Gasteiger partial charge in [-0.2, -0.15) is 0 Å². The van der Waals surface area contributed by atoms with Gasteiger partial charge in [0.1, 0.15) is 17.5 Å². The zero-order chi connectivity index (χ0) is 15.6. The number of nitrogens with two attached hydrogens (primary N) is 1. The maximum Gasteiger partial charge on any atom is 0.256 e. The topological polar surface area (TPSA) is 78.9 Å². The van der Waals surface area contributed by atoms with Crippen molar-refractivity contribution in [3.63, 3.8) is 0 Å². The van der Waals surface area contributed by atoms with E-state index in [9.17, 15) is 13.6 Å². The summed E-state index contributed by atoms with van der Waals surface area (Å²) in [5.74, 6) is -1.94. The monoisotopic (exact) mass is 297 g/mol. The Morgan fingerprint density at radius 1 is 1.38 bits per heavy atom. The molecule has 3 N–H and O–H groups in total. The standard InChI is InChI=1S/C14H17F2N3O2/c1-14(13(17)18-21)4-6-19(7-5-14)12(20)10-3-2-9(15)8-11(10)16/h2-3,8,21H,4-7H2,1H3,(H2,17,18). The van der Waals surface area contributed by atoms with Crippen molar-refractivity contribution < 1.29 is 18.8 Å². The smallest absolute Gasteiger partial charge is 0.256 e. The summed E-state index contributed by atoms with van der Waals surface area (Å²) >= 11 is 0. The number of piperidine rings is 1. The molecular formula is C14H17F2N3O2. The summed E-state index contributed by atoms with van der Waals surface area (Å²) in [6.07, 6.45) is 1.02. The molecule has 1 amide bonds. The van der Waals surface area contributed by atoms with Crippen LogP contribution in [0, 0.1) is 17.0 Å². The van der Waals surface area contributed by atoms with Gasteiger partial charge in [-0.05, 0) is 25.0 Å². The highest BCUT2D eigenvalue weighted by atomic mass is 19.1. The number of hydrogen-bond donors (Lipinski definition) is 2. The molecule has 0 unspecified atom stereocenters. The van der Waals surface area contributed by atoms with Crippen molar-refractivity contribution in [1.29, 1.82) is 0 Å². The second-order valence-corrected chi connectivity index (χ2v) is 5.46. The van der Waals surface area contributed by atoms with Crippen LogP contribution in [0.3, 0.4) is 0 Å². The number of hydrogen-bond acceptors (Lipinski definition) is 3. The fourth-order valence-electron chi connectivity index (χ4n) is 2.41. The molecule has 1 fully saturated rings. The number of nitrogens with zero attached hydrogens (tertiary/aromatic N) is 2. The SMILES string of the molecule is CC1(/C(N)=N/O)CCN(C(=O)c2ccc(F)cc2F)CC1. The normalized spacial score (nSPS) is 18.6. The Balaban J connectivity index is 2.10. The van der Waals surface area contributed by atoms with Crippen LogP contribution in [-0.4, -0.2) is 34.9 Å². The largest absolute Gasteiger partial charge is 0.409 e. The Morgan fingerprint density at radius 2 is 2.00 bits per heavy atom. The van der Waals surface area contributed by atoms with Gasteiger partial charge in [-0.3, -0.25) is 4.79 Å². The van der Waals surface area contributed by atoms with Crippen LogP contribution >= 0.6 is 0 Å². The van der Waals surface area contributed by atoms with E-state index in [4.69, 9.17) is 10.9 Å². The lowest BCUT2D eigenvalue weighted by Crippen LogP contribution is -2.47. The Kier molecular flexibility index (Phi) is 4.11. The highest BCUT2D eigenvalue weighted by Gasteiger charge is 2.36. The Labute approximate surface area is 121 Å². The van der Waals surface area contributed by atoms with Gasteiger partial charge in [0, 0.05) is 24.6 Å². The number of benzene rings is 1. The lowest BCUT2D eigenvalue weighted by Gasteiger charge is -2.38. The summed E-state index contributed by atoms with van der Waals surface area (Å²) in [6, 6.07) is 2.89. The van der Waals surface area contributed by atoms with Gasteiger partial charge in [-0.1, -0.05) is 12.1 Å². The highest BCUT2D eigenvalue weighted by molar-refractivity contribution is 5.95. The van der Waals surface area contributed by atoms with E-state index in [1.807, 2.05) is 6.92 Å². The van der Waals surface area contributed by atoms with E-state index in [0.717, 1.165) is 12.1 Å². The first-order valence-electron chi connectivity index (χ1n) is 6.60. The third-order valence-electron chi connectivity index (χ3n) is 4.04. The zero-order valence-corrected chi connectivity index (χ0v) is 11.6. The molecule has 1 aromatic carbocycles. The molecule has 0 radical (unpaired) electrons. The second-order valence-electron chi connectivity index (χ2n) is 5.46. The van der Waals surface area contributed by atoms with E-state index in [-0.39, 0.29) is 11.4 Å². The molecule has 0 atom stereocenters. The van der Waals surface area contributed by atoms with Crippen LogP contribution in [0.25, 0.3) is 0 Å². The van der Waals surface area contributed by atoms with Crippen LogP contribution in [0.4, 0.5) is 8.78 Å². The summed E-state index contributed by atoms with van der Waals surface area (Å²) in [7, 11) is 0. The van der Waals surface area contributed by atoms with Gasteiger partial charge in [0.15, 0.2) is 0 Å². The molecule has 1 aliphatic rings. The maximum atomic E-state index is 13.6. The lowest BCUT2D eigenvalue weighted by atomic mass is 9.79. The van der Waals surface area contributed by atoms with Crippen molar-refractivity contribution in [3.05, 3.63) is 35.4 Å². The van der Waals surface area contributed by atoms with E-state index >= 15 is 0 Å². The highest BCUT2D eigenvalue weighted by Crippen LogP contribution is 2.31. The maximum absolute atomic E-state index is 13.6. The fourth-order valence-corrected chi connectivity index (χ4v) is 2.41. The van der Waals surface area contributed by atoms with E-state index in [2.05, 4.69) is 5.16 Å². The predicted octanol–water partition coefficient (Wildman–Crippen LogP) is 1.95. The van der Waals surface area contributed by atoms with E-state index in [1.54, 1.807) is 0 Å². The first kappa shape index (κ1) is 15.2. The summed E-state index contributed by atoms with van der Waals surface area (Å²) in [6.45, 7) is 2.58. The molecule has 0 saturated carbocycles. The molecule has 1 aromatic rings. The van der Waals surface area contributed by atoms with Crippen molar-refractivity contribution in [2.24, 2.45) is 16.3 Å². The van der Waals surface area contributed by atoms with E-state index < -0.39 is 23.0 Å². The molecule has 21 heavy (non-hydrogen) atoms. The van der Waals surface area contributed by atoms with Crippen LogP contribution in [0.15, 0.2) is 23.4 Å². The van der Waals surface area contributed by atoms with Gasteiger partial charge in [-0.15, -0.1) is 0 Å². The third-order valence-corrected chi connectivity index (χ3v) is 4.04. The van der Waals surface area contributed by atoms with Crippen LogP contribution in [0.2, 0.25) is 0 Å². The molecular weight excluding hydrogens is 280 g/mol. The lowest BCUT2D eigenvalue weighted by molar-refractivity contribution is 0.0662. The van der Waals surface area contributed by atoms with E-state index in [1.165, 1.54) is 4.90 Å². The predicted molar refractivity (Wildman–Crippen MR) is 73.0 cm³/mol. The molecule has 2 rings (SSSR count). The fraction of sp³-hybridized carbons (Fsp3) is 0.429. The van der Waals surface area contributed by atoms with Gasteiger partial charge >= 0.3 is 0 Å². The number of oxime groups is 1. The average Bonchev–Trinajstić information content (AvgIpc) is 2.46. The Bertz CT molecular complexity index is 582. The van der Waals surface area contributed by atoms with Gasteiger partial charge < -0.3 is 15.8 Å². The number of likely N-dealkylation sites (tertiary alicyclic amines) is 1. The molecule has 1 aliphatic heterocycles. The number of amidine groups is 1. The number of amides is 1. The van der Waals surface area contributed by atoms with Crippen molar-refractivity contribution in [1.82, 2.24) is 4.90 Å². The molecule has 0 bridgehead atoms. The van der Waals surface area contributed by atoms with Crippen LogP contribution in [0.1, 0.15) is 30.1 Å².